The second-order valence-corrected chi connectivity index (χ2v) is 10.3. The molecule has 0 spiro atoms. The van der Waals surface area contributed by atoms with E-state index in [1.807, 2.05) is 24.8 Å². The minimum absolute atomic E-state index is 0.0137. The molecule has 2 fully saturated rings. The number of ketones is 1. The number of allylic oxidation sites excluding steroid dienone is 1. The number of fused-ring (bicyclic) bond motifs is 1. The van der Waals surface area contributed by atoms with Gasteiger partial charge >= 0.3 is 0 Å². The molecule has 0 saturated carbocycles. The number of ether oxygens (including phenoxy) is 2. The van der Waals surface area contributed by atoms with E-state index in [4.69, 9.17) is 9.47 Å². The van der Waals surface area contributed by atoms with E-state index in [0.29, 0.717) is 31.4 Å². The van der Waals surface area contributed by atoms with Crippen molar-refractivity contribution in [3.63, 3.8) is 0 Å². The van der Waals surface area contributed by atoms with Crippen LogP contribution in [0.4, 0.5) is 0 Å². The fourth-order valence-electron chi connectivity index (χ4n) is 4.55. The molecule has 6 nitrogen and oxygen atoms in total. The summed E-state index contributed by atoms with van der Waals surface area (Å²) < 4.78 is 11.6. The van der Waals surface area contributed by atoms with Crippen LogP contribution in [0.15, 0.2) is 29.8 Å². The van der Waals surface area contributed by atoms with Crippen LogP contribution >= 0.6 is 23.5 Å². The maximum Gasteiger partial charge on any atom is 0.242 e. The molecule has 8 heteroatoms. The van der Waals surface area contributed by atoms with Gasteiger partial charge in [0.25, 0.3) is 0 Å². The van der Waals surface area contributed by atoms with Crippen LogP contribution in [0, 0.1) is 0 Å². The molecule has 3 aliphatic rings. The number of Topliss-reactive ketones (excluding diaryl/α,β-unsaturated/α-hetero) is 1. The fourth-order valence-corrected chi connectivity index (χ4v) is 6.92. The van der Waals surface area contributed by atoms with Crippen LogP contribution in [0.3, 0.4) is 0 Å². The predicted octanol–water partition coefficient (Wildman–Crippen LogP) is 3.31. The molecule has 2 aliphatic heterocycles. The van der Waals surface area contributed by atoms with E-state index < -0.39 is 12.3 Å². The number of rotatable bonds is 10. The maximum absolute atomic E-state index is 13.5. The topological polar surface area (TPSA) is 67.9 Å². The van der Waals surface area contributed by atoms with Crippen molar-refractivity contribution in [2.45, 2.75) is 56.7 Å². The van der Waals surface area contributed by atoms with Crippen LogP contribution in [0.25, 0.3) is 6.08 Å². The van der Waals surface area contributed by atoms with Crippen molar-refractivity contribution in [2.24, 2.45) is 0 Å². The number of carbonyl (C=O) groups excluding carboxylic acids is 2. The number of thioether (sulfide) groups is 2. The lowest BCUT2D eigenvalue weighted by molar-refractivity contribution is -0.173. The summed E-state index contributed by atoms with van der Waals surface area (Å²) in [5.41, 5.74) is 3.89. The molecule has 2 heterocycles. The standard InChI is InChI=1S/C24H32N2O4S2/c1-3-29-24(30-4-2)19-13-31-15-26(19)23(28)21-22(32-14-25-21)20(27)10-9-16-11-17-7-5-6-8-18(17)12-16/h5-8,11,19,21-22,24-25H,3-4,9-10,12-15H2,1-2H3/t19-,21-,22?/m0/s1. The summed E-state index contributed by atoms with van der Waals surface area (Å²) in [6, 6.07) is 7.77. The van der Waals surface area contributed by atoms with Crippen molar-refractivity contribution in [1.29, 1.82) is 0 Å². The van der Waals surface area contributed by atoms with E-state index in [9.17, 15) is 9.59 Å². The van der Waals surface area contributed by atoms with Gasteiger partial charge in [-0.25, -0.2) is 0 Å². The molecule has 4 rings (SSSR count). The molecule has 32 heavy (non-hydrogen) atoms. The van der Waals surface area contributed by atoms with Crippen molar-refractivity contribution in [2.75, 3.05) is 30.7 Å². The Morgan fingerprint density at radius 2 is 2.00 bits per heavy atom. The number of nitrogens with zero attached hydrogens (tertiary/aromatic N) is 1. The highest BCUT2D eigenvalue weighted by Crippen LogP contribution is 2.32. The molecule has 1 amide bonds. The van der Waals surface area contributed by atoms with Gasteiger partial charge in [0.2, 0.25) is 5.91 Å². The molecular weight excluding hydrogens is 444 g/mol. The zero-order valence-corrected chi connectivity index (χ0v) is 20.4. The summed E-state index contributed by atoms with van der Waals surface area (Å²) in [5, 5.41) is 2.94. The second kappa shape index (κ2) is 11.2. The molecule has 1 N–H and O–H groups in total. The molecule has 0 radical (unpaired) electrons. The number of hydrogen-bond acceptors (Lipinski definition) is 7. The molecule has 3 atom stereocenters. The average Bonchev–Trinajstić information content (AvgIpc) is 3.55. The van der Waals surface area contributed by atoms with Crippen molar-refractivity contribution >= 4 is 41.3 Å². The number of benzene rings is 1. The first kappa shape index (κ1) is 23.8. The SMILES string of the molecule is CCOC(OCC)[C@@H]1CSCN1C(=O)[C@H]1NCSC1C(=O)CCC1=Cc2ccccc2C1. The van der Waals surface area contributed by atoms with E-state index in [2.05, 4.69) is 29.6 Å². The van der Waals surface area contributed by atoms with Crippen LogP contribution in [0.1, 0.15) is 37.8 Å². The number of hydrogen-bond donors (Lipinski definition) is 1. The summed E-state index contributed by atoms with van der Waals surface area (Å²) in [7, 11) is 0. The minimum atomic E-state index is -0.479. The lowest BCUT2D eigenvalue weighted by atomic mass is 10.0. The third kappa shape index (κ3) is 5.25. The predicted molar refractivity (Wildman–Crippen MR) is 131 cm³/mol. The summed E-state index contributed by atoms with van der Waals surface area (Å²) in [4.78, 5) is 28.4. The van der Waals surface area contributed by atoms with Gasteiger partial charge in [-0.15, -0.1) is 23.5 Å². The van der Waals surface area contributed by atoms with Gasteiger partial charge in [0.05, 0.1) is 17.2 Å². The average molecular weight is 477 g/mol. The van der Waals surface area contributed by atoms with Crippen molar-refractivity contribution in [3.8, 4) is 0 Å². The van der Waals surface area contributed by atoms with Crippen LogP contribution in [0.2, 0.25) is 0 Å². The third-order valence-electron chi connectivity index (χ3n) is 6.16. The lowest BCUT2D eigenvalue weighted by Gasteiger charge is -2.32. The Labute approximate surface area is 198 Å². The summed E-state index contributed by atoms with van der Waals surface area (Å²) in [5.74, 6) is 2.15. The smallest absolute Gasteiger partial charge is 0.242 e. The van der Waals surface area contributed by atoms with Crippen LogP contribution in [-0.4, -0.2) is 70.9 Å². The Morgan fingerprint density at radius 1 is 1.22 bits per heavy atom. The Bertz CT molecular complexity index is 856. The minimum Gasteiger partial charge on any atom is -0.351 e. The van der Waals surface area contributed by atoms with Gasteiger partial charge in [0.1, 0.15) is 11.8 Å². The van der Waals surface area contributed by atoms with E-state index in [0.717, 1.165) is 18.6 Å². The molecule has 1 aromatic carbocycles. The van der Waals surface area contributed by atoms with E-state index in [1.165, 1.54) is 16.7 Å². The van der Waals surface area contributed by atoms with E-state index in [-0.39, 0.29) is 23.0 Å². The van der Waals surface area contributed by atoms with Crippen LogP contribution in [0.5, 0.6) is 0 Å². The maximum atomic E-state index is 13.5. The molecule has 2 saturated heterocycles. The zero-order valence-electron chi connectivity index (χ0n) is 18.7. The van der Waals surface area contributed by atoms with Crippen LogP contribution < -0.4 is 5.32 Å². The molecule has 174 valence electrons. The Balaban J connectivity index is 1.36. The highest BCUT2D eigenvalue weighted by atomic mass is 32.2. The number of amides is 1. The third-order valence-corrected chi connectivity index (χ3v) is 8.42. The quantitative estimate of drug-likeness (QED) is 0.520. The van der Waals surface area contributed by atoms with Gasteiger partial charge in [0.15, 0.2) is 6.29 Å². The Kier molecular flexibility index (Phi) is 8.34. The zero-order chi connectivity index (χ0) is 22.5. The first-order valence-electron chi connectivity index (χ1n) is 11.4. The number of carbonyl (C=O) groups is 2. The second-order valence-electron chi connectivity index (χ2n) is 8.21. The normalized spacial score (nSPS) is 24.8. The Morgan fingerprint density at radius 3 is 2.75 bits per heavy atom. The van der Waals surface area contributed by atoms with Crippen molar-refractivity contribution in [1.82, 2.24) is 10.2 Å². The van der Waals surface area contributed by atoms with Gasteiger partial charge in [-0.3, -0.25) is 14.9 Å². The van der Waals surface area contributed by atoms with Gasteiger partial charge < -0.3 is 14.4 Å². The summed E-state index contributed by atoms with van der Waals surface area (Å²) >= 11 is 3.26. The monoisotopic (exact) mass is 476 g/mol. The molecule has 1 aromatic rings. The van der Waals surface area contributed by atoms with E-state index in [1.54, 1.807) is 23.5 Å². The molecule has 1 aliphatic carbocycles. The van der Waals surface area contributed by atoms with E-state index >= 15 is 0 Å². The van der Waals surface area contributed by atoms with Gasteiger partial charge in [-0.05, 0) is 37.8 Å². The summed E-state index contributed by atoms with van der Waals surface area (Å²) in [6.45, 7) is 4.93. The highest BCUT2D eigenvalue weighted by Gasteiger charge is 2.44. The molecule has 0 aromatic heterocycles. The Hall–Kier alpha value is -1.32. The molecular formula is C24H32N2O4S2. The largest absolute Gasteiger partial charge is 0.351 e. The van der Waals surface area contributed by atoms with Gasteiger partial charge in [-0.2, -0.15) is 0 Å². The molecule has 0 bridgehead atoms. The first-order chi connectivity index (χ1) is 15.6. The van der Waals surface area contributed by atoms with Crippen LogP contribution in [-0.2, 0) is 25.5 Å². The summed E-state index contributed by atoms with van der Waals surface area (Å²) in [6.07, 6.45) is 3.93. The first-order valence-corrected chi connectivity index (χ1v) is 13.6. The number of nitrogens with one attached hydrogen (secondary N) is 1. The molecule has 1 unspecified atom stereocenters. The lowest BCUT2D eigenvalue weighted by Crippen LogP contribution is -2.54. The van der Waals surface area contributed by atoms with Gasteiger partial charge in [-0.1, -0.05) is 35.9 Å². The fraction of sp³-hybridized carbons (Fsp3) is 0.583. The highest BCUT2D eigenvalue weighted by molar-refractivity contribution is 8.01. The van der Waals surface area contributed by atoms with Crippen molar-refractivity contribution < 1.29 is 19.1 Å². The van der Waals surface area contributed by atoms with Gasteiger partial charge in [0, 0.05) is 31.3 Å². The van der Waals surface area contributed by atoms with Crippen molar-refractivity contribution in [3.05, 3.63) is 41.0 Å².